The minimum Gasteiger partial charge on any atom is -0.348 e. The maximum absolute atomic E-state index is 11.6. The SMILES string of the molecule is CN(C)C(=O)CN1CCc2ncccc2C1. The molecule has 86 valence electrons. The summed E-state index contributed by atoms with van der Waals surface area (Å²) >= 11 is 0. The van der Waals surface area contributed by atoms with Crippen molar-refractivity contribution in [3.63, 3.8) is 0 Å². The number of fused-ring (bicyclic) bond motifs is 1. The molecule has 16 heavy (non-hydrogen) atoms. The Labute approximate surface area is 95.9 Å². The molecule has 4 nitrogen and oxygen atoms in total. The van der Waals surface area contributed by atoms with Crippen molar-refractivity contribution >= 4 is 5.91 Å². The Morgan fingerprint density at radius 2 is 2.38 bits per heavy atom. The van der Waals surface area contributed by atoms with Crippen LogP contribution in [0.3, 0.4) is 0 Å². The van der Waals surface area contributed by atoms with E-state index in [2.05, 4.69) is 16.0 Å². The number of likely N-dealkylation sites (N-methyl/N-ethyl adjacent to an activating group) is 1. The third kappa shape index (κ3) is 2.39. The normalized spacial score (nSPS) is 15.6. The van der Waals surface area contributed by atoms with Gasteiger partial charge < -0.3 is 4.90 Å². The zero-order chi connectivity index (χ0) is 11.5. The molecule has 1 aliphatic heterocycles. The largest absolute Gasteiger partial charge is 0.348 e. The Morgan fingerprint density at radius 1 is 1.56 bits per heavy atom. The van der Waals surface area contributed by atoms with E-state index < -0.39 is 0 Å². The standard InChI is InChI=1S/C12H17N3O/c1-14(2)12(16)9-15-7-5-11-10(8-15)4-3-6-13-11/h3-4,6H,5,7-9H2,1-2H3. The molecule has 0 atom stereocenters. The summed E-state index contributed by atoms with van der Waals surface area (Å²) in [7, 11) is 3.59. The molecule has 0 bridgehead atoms. The van der Waals surface area contributed by atoms with Crippen molar-refractivity contribution in [2.75, 3.05) is 27.2 Å². The van der Waals surface area contributed by atoms with E-state index in [4.69, 9.17) is 0 Å². The van der Waals surface area contributed by atoms with Crippen molar-refractivity contribution in [2.24, 2.45) is 0 Å². The van der Waals surface area contributed by atoms with Crippen LogP contribution in [0.2, 0.25) is 0 Å². The van der Waals surface area contributed by atoms with Gasteiger partial charge >= 0.3 is 0 Å². The molecule has 0 spiro atoms. The van der Waals surface area contributed by atoms with Crippen LogP contribution in [0, 0.1) is 0 Å². The highest BCUT2D eigenvalue weighted by Crippen LogP contribution is 2.15. The van der Waals surface area contributed by atoms with Crippen molar-refractivity contribution in [1.29, 1.82) is 0 Å². The Balaban J connectivity index is 2.00. The van der Waals surface area contributed by atoms with Gasteiger partial charge in [-0.15, -0.1) is 0 Å². The van der Waals surface area contributed by atoms with Crippen molar-refractivity contribution in [1.82, 2.24) is 14.8 Å². The smallest absolute Gasteiger partial charge is 0.236 e. The summed E-state index contributed by atoms with van der Waals surface area (Å²) < 4.78 is 0. The molecule has 4 heteroatoms. The van der Waals surface area contributed by atoms with Crippen LogP contribution >= 0.6 is 0 Å². The van der Waals surface area contributed by atoms with Gasteiger partial charge in [0, 0.05) is 45.5 Å². The Morgan fingerprint density at radius 3 is 3.12 bits per heavy atom. The van der Waals surface area contributed by atoms with Crippen LogP contribution in [0.15, 0.2) is 18.3 Å². The van der Waals surface area contributed by atoms with Gasteiger partial charge in [0.1, 0.15) is 0 Å². The molecule has 0 N–H and O–H groups in total. The van der Waals surface area contributed by atoms with Crippen molar-refractivity contribution < 1.29 is 4.79 Å². The van der Waals surface area contributed by atoms with E-state index in [1.54, 1.807) is 19.0 Å². The number of pyridine rings is 1. The van der Waals surface area contributed by atoms with Crippen LogP contribution in [0.1, 0.15) is 11.3 Å². The third-order valence-corrected chi connectivity index (χ3v) is 2.90. The maximum Gasteiger partial charge on any atom is 0.236 e. The minimum atomic E-state index is 0.160. The fourth-order valence-electron chi connectivity index (χ4n) is 1.89. The second-order valence-electron chi connectivity index (χ2n) is 4.36. The number of nitrogens with zero attached hydrogens (tertiary/aromatic N) is 3. The molecular formula is C12H17N3O. The summed E-state index contributed by atoms with van der Waals surface area (Å²) in [6.07, 6.45) is 2.77. The Kier molecular flexibility index (Phi) is 3.19. The summed E-state index contributed by atoms with van der Waals surface area (Å²) in [5.41, 5.74) is 2.43. The molecule has 1 aliphatic rings. The first-order chi connectivity index (χ1) is 7.66. The molecule has 1 amide bonds. The van der Waals surface area contributed by atoms with Crippen LogP contribution in [-0.2, 0) is 17.8 Å². The molecule has 0 radical (unpaired) electrons. The fraction of sp³-hybridized carbons (Fsp3) is 0.500. The molecule has 0 aromatic carbocycles. The lowest BCUT2D eigenvalue weighted by Crippen LogP contribution is -2.39. The van der Waals surface area contributed by atoms with Gasteiger partial charge in [0.15, 0.2) is 0 Å². The van der Waals surface area contributed by atoms with Crippen LogP contribution in [0.4, 0.5) is 0 Å². The molecule has 0 saturated carbocycles. The monoisotopic (exact) mass is 219 g/mol. The topological polar surface area (TPSA) is 36.4 Å². The second-order valence-corrected chi connectivity index (χ2v) is 4.36. The summed E-state index contributed by atoms with van der Waals surface area (Å²) in [6.45, 7) is 2.26. The molecule has 1 aromatic heterocycles. The molecule has 2 rings (SSSR count). The first-order valence-electron chi connectivity index (χ1n) is 5.52. The van der Waals surface area contributed by atoms with E-state index >= 15 is 0 Å². The zero-order valence-electron chi connectivity index (χ0n) is 9.81. The molecule has 2 heterocycles. The van der Waals surface area contributed by atoms with E-state index in [1.165, 1.54) is 11.3 Å². The van der Waals surface area contributed by atoms with Crippen molar-refractivity contribution in [3.8, 4) is 0 Å². The number of hydrogen-bond donors (Lipinski definition) is 0. The van der Waals surface area contributed by atoms with E-state index in [-0.39, 0.29) is 5.91 Å². The van der Waals surface area contributed by atoms with E-state index in [0.29, 0.717) is 6.54 Å². The molecule has 0 fully saturated rings. The number of carbonyl (C=O) groups excluding carboxylic acids is 1. The average molecular weight is 219 g/mol. The highest BCUT2D eigenvalue weighted by atomic mass is 16.2. The first-order valence-corrected chi connectivity index (χ1v) is 5.52. The Hall–Kier alpha value is -1.42. The van der Waals surface area contributed by atoms with Crippen molar-refractivity contribution in [2.45, 2.75) is 13.0 Å². The van der Waals surface area contributed by atoms with E-state index in [9.17, 15) is 4.79 Å². The predicted octanol–water partition coefficient (Wildman–Crippen LogP) is 0.528. The van der Waals surface area contributed by atoms with Crippen LogP contribution in [0.25, 0.3) is 0 Å². The summed E-state index contributed by atoms with van der Waals surface area (Å²) in [4.78, 5) is 19.7. The van der Waals surface area contributed by atoms with Gasteiger partial charge in [-0.2, -0.15) is 0 Å². The molecular weight excluding hydrogens is 202 g/mol. The molecule has 0 aliphatic carbocycles. The average Bonchev–Trinajstić information content (AvgIpc) is 2.28. The third-order valence-electron chi connectivity index (χ3n) is 2.90. The summed E-state index contributed by atoms with van der Waals surface area (Å²) in [5, 5.41) is 0. The van der Waals surface area contributed by atoms with Gasteiger partial charge in [-0.25, -0.2) is 0 Å². The lowest BCUT2D eigenvalue weighted by atomic mass is 10.1. The zero-order valence-corrected chi connectivity index (χ0v) is 9.81. The summed E-state index contributed by atoms with van der Waals surface area (Å²) in [5.74, 6) is 0.160. The first kappa shape index (κ1) is 11.1. The number of hydrogen-bond acceptors (Lipinski definition) is 3. The van der Waals surface area contributed by atoms with Crippen molar-refractivity contribution in [3.05, 3.63) is 29.6 Å². The maximum atomic E-state index is 11.6. The quantitative estimate of drug-likeness (QED) is 0.728. The molecule has 0 unspecified atom stereocenters. The van der Waals surface area contributed by atoms with Gasteiger partial charge in [0.25, 0.3) is 0 Å². The van der Waals surface area contributed by atoms with E-state index in [1.807, 2.05) is 12.3 Å². The summed E-state index contributed by atoms with van der Waals surface area (Å²) in [6, 6.07) is 4.05. The van der Waals surface area contributed by atoms with Gasteiger partial charge in [-0.3, -0.25) is 14.7 Å². The number of rotatable bonds is 2. The second kappa shape index (κ2) is 4.61. The lowest BCUT2D eigenvalue weighted by Gasteiger charge is -2.28. The lowest BCUT2D eigenvalue weighted by molar-refractivity contribution is -0.130. The fourth-order valence-corrected chi connectivity index (χ4v) is 1.89. The predicted molar refractivity (Wildman–Crippen MR) is 61.9 cm³/mol. The van der Waals surface area contributed by atoms with E-state index in [0.717, 1.165) is 19.5 Å². The highest BCUT2D eigenvalue weighted by Gasteiger charge is 2.19. The number of carbonyl (C=O) groups is 1. The van der Waals surface area contributed by atoms with Gasteiger partial charge in [0.2, 0.25) is 5.91 Å². The highest BCUT2D eigenvalue weighted by molar-refractivity contribution is 5.77. The van der Waals surface area contributed by atoms with Crippen LogP contribution < -0.4 is 0 Å². The van der Waals surface area contributed by atoms with Gasteiger partial charge in [-0.05, 0) is 11.6 Å². The van der Waals surface area contributed by atoms with Gasteiger partial charge in [-0.1, -0.05) is 6.07 Å². The molecule has 0 saturated heterocycles. The number of aromatic nitrogens is 1. The molecule has 1 aromatic rings. The Bertz CT molecular complexity index is 390. The number of amides is 1. The van der Waals surface area contributed by atoms with Gasteiger partial charge in [0.05, 0.1) is 6.54 Å². The van der Waals surface area contributed by atoms with Crippen LogP contribution in [-0.4, -0.2) is 47.9 Å². The minimum absolute atomic E-state index is 0.160. The van der Waals surface area contributed by atoms with Crippen LogP contribution in [0.5, 0.6) is 0 Å².